The van der Waals surface area contributed by atoms with Gasteiger partial charge in [-0.1, -0.05) is 25.4 Å². The third kappa shape index (κ3) is 2.14. The Balaban J connectivity index is 2.44. The van der Waals surface area contributed by atoms with Gasteiger partial charge in [0.05, 0.1) is 5.02 Å². The topological polar surface area (TPSA) is 75.1 Å². The molecule has 0 aliphatic carbocycles. The van der Waals surface area contributed by atoms with E-state index in [1.165, 1.54) is 22.7 Å². The minimum atomic E-state index is -0.430. The van der Waals surface area contributed by atoms with Gasteiger partial charge in [-0.3, -0.25) is 9.20 Å². The molecule has 0 saturated heterocycles. The molecule has 2 aromatic heterocycles. The highest BCUT2D eigenvalue weighted by atomic mass is 35.5. The average Bonchev–Trinajstić information content (AvgIpc) is 2.75. The molecule has 6 heteroatoms. The van der Waals surface area contributed by atoms with Crippen molar-refractivity contribution in [3.8, 4) is 11.5 Å². The molecule has 21 heavy (non-hydrogen) atoms. The first-order chi connectivity index (χ1) is 9.88. The maximum absolute atomic E-state index is 12.5. The lowest BCUT2D eigenvalue weighted by Gasteiger charge is -2.11. The van der Waals surface area contributed by atoms with E-state index in [9.17, 15) is 15.0 Å². The number of hydrogen-bond acceptors (Lipinski definition) is 4. The number of phenolic OH excluding ortho intramolecular Hbond substituents is 2. The average molecular weight is 308 g/mol. The molecule has 0 aliphatic rings. The van der Waals surface area contributed by atoms with E-state index >= 15 is 0 Å². The van der Waals surface area contributed by atoms with Crippen molar-refractivity contribution < 1.29 is 14.6 Å². The van der Waals surface area contributed by atoms with E-state index < -0.39 is 5.56 Å². The zero-order chi connectivity index (χ0) is 15.3. The van der Waals surface area contributed by atoms with Crippen molar-refractivity contribution in [3.63, 3.8) is 0 Å². The molecule has 0 radical (unpaired) electrons. The normalized spacial score (nSPS) is 11.8. The number of halogens is 1. The van der Waals surface area contributed by atoms with Crippen molar-refractivity contribution >= 4 is 28.3 Å². The van der Waals surface area contributed by atoms with E-state index in [2.05, 4.69) is 0 Å². The molecular formula is C15H14ClNO4. The molecule has 0 bridgehead atoms. The molecule has 3 aromatic rings. The molecule has 0 saturated carbocycles. The van der Waals surface area contributed by atoms with Crippen LogP contribution in [0.4, 0.5) is 0 Å². The van der Waals surface area contributed by atoms with Crippen LogP contribution in [0.2, 0.25) is 5.02 Å². The summed E-state index contributed by atoms with van der Waals surface area (Å²) in [5.74, 6) is -0.103. The first-order valence-corrected chi connectivity index (χ1v) is 6.94. The van der Waals surface area contributed by atoms with Crippen LogP contribution in [0.5, 0.6) is 11.5 Å². The highest BCUT2D eigenvalue weighted by Crippen LogP contribution is 2.36. The molecule has 2 heterocycles. The first-order valence-electron chi connectivity index (χ1n) is 6.56. The Kier molecular flexibility index (Phi) is 3.10. The molecule has 0 atom stereocenters. The van der Waals surface area contributed by atoms with Crippen molar-refractivity contribution in [2.24, 2.45) is 5.92 Å². The number of rotatable bonds is 2. The summed E-state index contributed by atoms with van der Waals surface area (Å²) in [4.78, 5) is 12.5. The number of nitrogens with zero attached hydrogens (tertiary/aromatic N) is 1. The Labute approximate surface area is 125 Å². The monoisotopic (exact) mass is 307 g/mol. The van der Waals surface area contributed by atoms with Gasteiger partial charge in [0.15, 0.2) is 0 Å². The highest BCUT2D eigenvalue weighted by molar-refractivity contribution is 6.30. The van der Waals surface area contributed by atoms with E-state index in [1.807, 2.05) is 13.8 Å². The van der Waals surface area contributed by atoms with Crippen LogP contribution in [-0.2, 0) is 6.42 Å². The minimum Gasteiger partial charge on any atom is -0.507 e. The largest absolute Gasteiger partial charge is 0.507 e. The van der Waals surface area contributed by atoms with Gasteiger partial charge in [0.1, 0.15) is 22.5 Å². The number of fused-ring (bicyclic) bond motifs is 2. The minimum absolute atomic E-state index is 0.0446. The van der Waals surface area contributed by atoms with Gasteiger partial charge in [-0.05, 0) is 12.3 Å². The van der Waals surface area contributed by atoms with Crippen molar-refractivity contribution in [2.45, 2.75) is 20.3 Å². The molecule has 3 rings (SSSR count). The Morgan fingerprint density at radius 2 is 2.05 bits per heavy atom. The molecule has 5 nitrogen and oxygen atoms in total. The molecule has 0 aliphatic heterocycles. The van der Waals surface area contributed by atoms with E-state index in [1.54, 1.807) is 0 Å². The Bertz CT molecular complexity index is 908. The predicted octanol–water partition coefficient (Wildman–Crippen LogP) is 3.31. The molecule has 2 N–H and O–H groups in total. The summed E-state index contributed by atoms with van der Waals surface area (Å²) in [5, 5.41) is 20.8. The summed E-state index contributed by atoms with van der Waals surface area (Å²) < 4.78 is 6.76. The van der Waals surface area contributed by atoms with Gasteiger partial charge in [0, 0.05) is 23.9 Å². The fourth-order valence-corrected chi connectivity index (χ4v) is 2.64. The maximum Gasteiger partial charge on any atom is 0.272 e. The van der Waals surface area contributed by atoms with Crippen LogP contribution in [0.1, 0.15) is 19.4 Å². The summed E-state index contributed by atoms with van der Waals surface area (Å²) in [5.41, 5.74) is 0.306. The Morgan fingerprint density at radius 3 is 2.71 bits per heavy atom. The second kappa shape index (κ2) is 4.70. The molecule has 1 aromatic carbocycles. The maximum atomic E-state index is 12.5. The zero-order valence-electron chi connectivity index (χ0n) is 11.6. The quantitative estimate of drug-likeness (QED) is 0.761. The second-order valence-electron chi connectivity index (χ2n) is 5.47. The summed E-state index contributed by atoms with van der Waals surface area (Å²) >= 11 is 5.87. The van der Waals surface area contributed by atoms with Crippen LogP contribution in [0.15, 0.2) is 27.5 Å². The standard InChI is InChI=1S/C15H14ClNO4/c1-7(2)3-9-10(18)5-11-13(14(9)19)15(20)17-6-8(16)4-12(17)21-11/h4-7,18-19H,3H2,1-2H3. The van der Waals surface area contributed by atoms with E-state index in [-0.39, 0.29) is 34.1 Å². The van der Waals surface area contributed by atoms with Gasteiger partial charge in [0.2, 0.25) is 5.71 Å². The molecule has 0 amide bonds. The van der Waals surface area contributed by atoms with Gasteiger partial charge in [-0.15, -0.1) is 0 Å². The van der Waals surface area contributed by atoms with Gasteiger partial charge in [0.25, 0.3) is 5.56 Å². The van der Waals surface area contributed by atoms with Crippen LogP contribution in [0, 0.1) is 5.92 Å². The van der Waals surface area contributed by atoms with Gasteiger partial charge in [-0.2, -0.15) is 0 Å². The molecule has 0 spiro atoms. The number of phenols is 2. The summed E-state index contributed by atoms with van der Waals surface area (Å²) in [6.07, 6.45) is 1.88. The lowest BCUT2D eigenvalue weighted by molar-refractivity contribution is 0.432. The molecule has 0 unspecified atom stereocenters. The number of benzene rings is 1. The predicted molar refractivity (Wildman–Crippen MR) is 80.3 cm³/mol. The lowest BCUT2D eigenvalue weighted by atomic mass is 9.99. The van der Waals surface area contributed by atoms with Crippen LogP contribution < -0.4 is 5.56 Å². The SMILES string of the molecule is CC(C)Cc1c(O)cc2oc3cc(Cl)cn3c(=O)c2c1O. The third-order valence-corrected chi connectivity index (χ3v) is 3.56. The van der Waals surface area contributed by atoms with Crippen molar-refractivity contribution in [2.75, 3.05) is 0 Å². The van der Waals surface area contributed by atoms with Crippen LogP contribution in [0.25, 0.3) is 16.7 Å². The smallest absolute Gasteiger partial charge is 0.272 e. The number of aromatic nitrogens is 1. The fraction of sp³-hybridized carbons (Fsp3) is 0.267. The van der Waals surface area contributed by atoms with Gasteiger partial charge < -0.3 is 14.6 Å². The number of aromatic hydroxyl groups is 2. The van der Waals surface area contributed by atoms with Crippen LogP contribution >= 0.6 is 11.6 Å². The Hall–Kier alpha value is -2.14. The Morgan fingerprint density at radius 1 is 1.33 bits per heavy atom. The summed E-state index contributed by atoms with van der Waals surface area (Å²) in [6, 6.07) is 2.85. The fourth-order valence-electron chi connectivity index (χ4n) is 2.45. The van der Waals surface area contributed by atoms with E-state index in [4.69, 9.17) is 16.0 Å². The van der Waals surface area contributed by atoms with Crippen LogP contribution in [0.3, 0.4) is 0 Å². The van der Waals surface area contributed by atoms with Crippen molar-refractivity contribution in [1.29, 1.82) is 0 Å². The van der Waals surface area contributed by atoms with Crippen molar-refractivity contribution in [3.05, 3.63) is 39.3 Å². The first kappa shape index (κ1) is 13.8. The van der Waals surface area contributed by atoms with Crippen molar-refractivity contribution in [1.82, 2.24) is 4.40 Å². The van der Waals surface area contributed by atoms with Gasteiger partial charge in [-0.25, -0.2) is 0 Å². The molecule has 0 fully saturated rings. The van der Waals surface area contributed by atoms with E-state index in [0.29, 0.717) is 17.0 Å². The number of hydrogen-bond donors (Lipinski definition) is 2. The third-order valence-electron chi connectivity index (χ3n) is 3.36. The molecule has 110 valence electrons. The summed E-state index contributed by atoms with van der Waals surface area (Å²) in [6.45, 7) is 3.92. The van der Waals surface area contributed by atoms with Gasteiger partial charge >= 0.3 is 0 Å². The highest BCUT2D eigenvalue weighted by Gasteiger charge is 2.19. The molecular weight excluding hydrogens is 294 g/mol. The van der Waals surface area contributed by atoms with Crippen LogP contribution in [-0.4, -0.2) is 14.6 Å². The van der Waals surface area contributed by atoms with E-state index in [0.717, 1.165) is 0 Å². The summed E-state index contributed by atoms with van der Waals surface area (Å²) in [7, 11) is 0. The second-order valence-corrected chi connectivity index (χ2v) is 5.90. The zero-order valence-corrected chi connectivity index (χ0v) is 12.3. The lowest BCUT2D eigenvalue weighted by Crippen LogP contribution is -2.12.